The average molecular weight is 408 g/mol. The van der Waals surface area contributed by atoms with Crippen LogP contribution in [-0.2, 0) is 20.0 Å². The Hall–Kier alpha value is -2.67. The molecule has 0 aromatic heterocycles. The normalized spacial score (nSPS) is 11.8. The van der Waals surface area contributed by atoms with E-state index in [2.05, 4.69) is 136 Å². The van der Waals surface area contributed by atoms with E-state index in [1.54, 1.807) is 0 Å². The van der Waals surface area contributed by atoms with Crippen LogP contribution in [0.5, 0.6) is 0 Å². The van der Waals surface area contributed by atoms with Gasteiger partial charge < -0.3 is 0 Å². The van der Waals surface area contributed by atoms with Crippen molar-refractivity contribution in [3.05, 3.63) is 138 Å². The third-order valence-electron chi connectivity index (χ3n) is 4.54. The number of rotatable bonds is 2. The van der Waals surface area contributed by atoms with Crippen LogP contribution in [0.2, 0.25) is 0 Å². The van der Waals surface area contributed by atoms with E-state index in [4.69, 9.17) is 0 Å². The maximum absolute atomic E-state index is 3.12. The van der Waals surface area contributed by atoms with Gasteiger partial charge in [-0.25, -0.2) is 11.6 Å². The molecule has 140 valence electrons. The minimum Gasteiger partial charge on any atom is -0.168 e. The minimum atomic E-state index is 1.02. The quantitative estimate of drug-likeness (QED) is 0.246. The summed E-state index contributed by atoms with van der Waals surface area (Å²) in [5, 5.41) is 2.66. The van der Waals surface area contributed by atoms with E-state index in [-0.39, 0.29) is 0 Å². The van der Waals surface area contributed by atoms with Gasteiger partial charge in [0.2, 0.25) is 0 Å². The van der Waals surface area contributed by atoms with Gasteiger partial charge in [-0.1, -0.05) is 13.0 Å². The molecule has 1 aliphatic carbocycles. The van der Waals surface area contributed by atoms with E-state index >= 15 is 0 Å². The van der Waals surface area contributed by atoms with E-state index in [0.717, 1.165) is 6.42 Å². The Kier molecular flexibility index (Phi) is 8.25. The molecular formula is C28H24Ti. The summed E-state index contributed by atoms with van der Waals surface area (Å²) < 4.78 is 1.33. The second-order valence-corrected chi connectivity index (χ2v) is 7.51. The Morgan fingerprint density at radius 1 is 0.793 bits per heavy atom. The van der Waals surface area contributed by atoms with Crippen molar-refractivity contribution >= 4 is 14.6 Å². The predicted octanol–water partition coefficient (Wildman–Crippen LogP) is 7.06. The van der Waals surface area contributed by atoms with Gasteiger partial charge in [-0.3, -0.25) is 6.08 Å². The summed E-state index contributed by atoms with van der Waals surface area (Å²) in [4.78, 5) is 0. The van der Waals surface area contributed by atoms with Crippen LogP contribution >= 0.6 is 0 Å². The molecule has 0 spiro atoms. The first-order valence-corrected chi connectivity index (χ1v) is 10.6. The molecule has 29 heavy (non-hydrogen) atoms. The third kappa shape index (κ3) is 6.71. The molecule has 0 aliphatic heterocycles. The van der Waals surface area contributed by atoms with Crippen LogP contribution in [-0.4, -0.2) is 3.81 Å². The van der Waals surface area contributed by atoms with Crippen molar-refractivity contribution in [2.24, 2.45) is 0 Å². The number of fused-ring (bicyclic) bond motifs is 1. The molecule has 0 heterocycles. The van der Waals surface area contributed by atoms with Crippen molar-refractivity contribution < 1.29 is 20.0 Å². The predicted molar refractivity (Wildman–Crippen MR) is 122 cm³/mol. The van der Waals surface area contributed by atoms with Crippen molar-refractivity contribution in [2.45, 2.75) is 13.3 Å². The molecule has 4 aromatic rings. The van der Waals surface area contributed by atoms with Crippen molar-refractivity contribution in [3.8, 4) is 0 Å². The van der Waals surface area contributed by atoms with Crippen LogP contribution in [0.25, 0.3) is 10.8 Å². The standard InChI is InChI=1S/C13H10.C9H7.C6H7.Ti/c1-3-7-12(8-4-1)11-13-9-5-2-6-10-13;1-2-5-9-7-3-6-8(9)4-1;1-6-4-2-3-5-6;/h1-10H;1-7H;2,4H,3H2,1H3;/q;2*-1;+2. The SMILES string of the molecule is CC1=[C-]CC=C1.[Ti+2]=[C](c1ccccc1)c1ccccc1.c1ccc2[cH-]ccc2c1. The second-order valence-electron chi connectivity index (χ2n) is 6.73. The van der Waals surface area contributed by atoms with E-state index in [1.165, 1.54) is 31.3 Å². The first kappa shape index (κ1) is 21.1. The maximum atomic E-state index is 3.12. The van der Waals surface area contributed by atoms with Crippen molar-refractivity contribution in [2.75, 3.05) is 0 Å². The fourth-order valence-corrected chi connectivity index (χ4v) is 3.48. The first-order valence-electron chi connectivity index (χ1n) is 9.78. The first-order chi connectivity index (χ1) is 14.2. The molecular weight excluding hydrogens is 384 g/mol. The monoisotopic (exact) mass is 408 g/mol. The fraction of sp³-hybridized carbons (Fsp3) is 0.0714. The van der Waals surface area contributed by atoms with E-state index in [1.807, 2.05) is 12.1 Å². The fourth-order valence-electron chi connectivity index (χ4n) is 2.96. The van der Waals surface area contributed by atoms with E-state index in [0.29, 0.717) is 0 Å². The number of benzene rings is 3. The Morgan fingerprint density at radius 3 is 1.86 bits per heavy atom. The van der Waals surface area contributed by atoms with E-state index in [9.17, 15) is 0 Å². The van der Waals surface area contributed by atoms with E-state index < -0.39 is 0 Å². The average Bonchev–Trinajstić information content (AvgIpc) is 3.47. The molecule has 0 unspecified atom stereocenters. The zero-order chi connectivity index (χ0) is 20.3. The van der Waals surface area contributed by atoms with Gasteiger partial charge in [0.15, 0.2) is 0 Å². The van der Waals surface area contributed by atoms with Gasteiger partial charge in [0, 0.05) is 0 Å². The van der Waals surface area contributed by atoms with Crippen LogP contribution in [0.15, 0.2) is 121 Å². The summed E-state index contributed by atoms with van der Waals surface area (Å²) in [5.74, 6) is 0. The van der Waals surface area contributed by atoms with Crippen LogP contribution in [0.1, 0.15) is 24.5 Å². The number of allylic oxidation sites excluding steroid dienone is 4. The van der Waals surface area contributed by atoms with Crippen molar-refractivity contribution in [3.63, 3.8) is 0 Å². The molecule has 0 N–H and O–H groups in total. The Bertz CT molecular complexity index is 1010. The molecule has 0 atom stereocenters. The second kappa shape index (κ2) is 11.4. The molecule has 5 rings (SSSR count). The van der Waals surface area contributed by atoms with Crippen LogP contribution < -0.4 is 0 Å². The van der Waals surface area contributed by atoms with Gasteiger partial charge >= 0.3 is 95.6 Å². The summed E-state index contributed by atoms with van der Waals surface area (Å²) in [6.45, 7) is 2.06. The molecule has 4 aromatic carbocycles. The Morgan fingerprint density at radius 2 is 1.38 bits per heavy atom. The zero-order valence-corrected chi connectivity index (χ0v) is 18.2. The summed E-state index contributed by atoms with van der Waals surface area (Å²) in [7, 11) is 0. The van der Waals surface area contributed by atoms with Crippen LogP contribution in [0.4, 0.5) is 0 Å². The molecule has 0 amide bonds. The topological polar surface area (TPSA) is 0 Å². The number of hydrogen-bond acceptors (Lipinski definition) is 0. The molecule has 0 saturated carbocycles. The molecule has 0 fully saturated rings. The molecule has 0 bridgehead atoms. The Labute approximate surface area is 185 Å². The van der Waals surface area contributed by atoms with Crippen molar-refractivity contribution in [1.82, 2.24) is 0 Å². The summed E-state index contributed by atoms with van der Waals surface area (Å²) in [6, 6.07) is 35.6. The third-order valence-corrected chi connectivity index (χ3v) is 5.44. The summed E-state index contributed by atoms with van der Waals surface area (Å²) in [6.07, 6.45) is 8.33. The minimum absolute atomic E-state index is 1.02. The zero-order valence-electron chi connectivity index (χ0n) is 16.7. The summed E-state index contributed by atoms with van der Waals surface area (Å²) in [5.41, 5.74) is 3.85. The largest absolute Gasteiger partial charge is 0.168 e. The van der Waals surface area contributed by atoms with Crippen LogP contribution in [0, 0.1) is 6.08 Å². The smallest absolute Gasteiger partial charge is 0.0809 e. The van der Waals surface area contributed by atoms with Gasteiger partial charge in [-0.05, 0) is 0 Å². The molecule has 0 saturated heterocycles. The van der Waals surface area contributed by atoms with Gasteiger partial charge in [-0.2, -0.15) is 23.6 Å². The molecule has 1 heteroatoms. The summed E-state index contributed by atoms with van der Waals surface area (Å²) >= 11 is 2.16. The van der Waals surface area contributed by atoms with Gasteiger partial charge in [-0.15, -0.1) is 36.1 Å². The number of hydrogen-bond donors (Lipinski definition) is 0. The van der Waals surface area contributed by atoms with Gasteiger partial charge in [0.25, 0.3) is 0 Å². The Balaban J connectivity index is 0.000000136. The molecule has 0 radical (unpaired) electrons. The maximum Gasteiger partial charge on any atom is -0.0809 e. The van der Waals surface area contributed by atoms with Gasteiger partial charge in [0.1, 0.15) is 0 Å². The molecule has 0 nitrogen and oxygen atoms in total. The van der Waals surface area contributed by atoms with Crippen LogP contribution in [0.3, 0.4) is 0 Å². The van der Waals surface area contributed by atoms with Crippen molar-refractivity contribution in [1.29, 1.82) is 0 Å². The van der Waals surface area contributed by atoms with Gasteiger partial charge in [0.05, 0.1) is 0 Å². The molecule has 1 aliphatic rings.